The van der Waals surface area contributed by atoms with Gasteiger partial charge in [0.25, 0.3) is 0 Å². The Labute approximate surface area is 150 Å². The summed E-state index contributed by atoms with van der Waals surface area (Å²) in [6.07, 6.45) is 0. The summed E-state index contributed by atoms with van der Waals surface area (Å²) in [5.41, 5.74) is 3.65. The highest BCUT2D eigenvalue weighted by molar-refractivity contribution is 5.84. The van der Waals surface area contributed by atoms with Crippen molar-refractivity contribution in [3.8, 4) is 22.8 Å². The molecular weight excluding hydrogens is 328 g/mol. The van der Waals surface area contributed by atoms with Crippen LogP contribution in [-0.4, -0.2) is 27.2 Å². The Bertz CT molecular complexity index is 1060. The number of benzene rings is 3. The van der Waals surface area contributed by atoms with Crippen LogP contribution in [-0.2, 0) is 4.79 Å². The molecule has 0 aliphatic heterocycles. The average molecular weight is 344 g/mol. The molecule has 0 saturated heterocycles. The van der Waals surface area contributed by atoms with Crippen LogP contribution in [0.4, 0.5) is 0 Å². The van der Waals surface area contributed by atoms with Gasteiger partial charge in [0.15, 0.2) is 6.61 Å². The number of hydrogen-bond donors (Lipinski definition) is 1. The van der Waals surface area contributed by atoms with Gasteiger partial charge in [-0.2, -0.15) is 0 Å². The fourth-order valence-electron chi connectivity index (χ4n) is 2.91. The number of carboxylic acids is 1. The third kappa shape index (κ3) is 3.02. The third-order valence-electron chi connectivity index (χ3n) is 4.03. The molecule has 1 N–H and O–H groups in total. The van der Waals surface area contributed by atoms with E-state index >= 15 is 0 Å². The molecule has 5 nitrogen and oxygen atoms in total. The molecular formula is C21H16N2O3. The fourth-order valence-corrected chi connectivity index (χ4v) is 2.91. The SMILES string of the molecule is O=C(O)COc1ccc2nc(-c3ccccc3)n(-c3ccccc3)c2c1. The number of aliphatic carboxylic acids is 1. The van der Waals surface area contributed by atoms with Gasteiger partial charge in [-0.25, -0.2) is 9.78 Å². The molecule has 0 bridgehead atoms. The lowest BCUT2D eigenvalue weighted by Gasteiger charge is -2.10. The van der Waals surface area contributed by atoms with Crippen LogP contribution < -0.4 is 4.74 Å². The second-order valence-corrected chi connectivity index (χ2v) is 5.81. The van der Waals surface area contributed by atoms with E-state index in [1.54, 1.807) is 6.07 Å². The van der Waals surface area contributed by atoms with Gasteiger partial charge in [-0.3, -0.25) is 4.57 Å². The first-order valence-corrected chi connectivity index (χ1v) is 8.20. The Morgan fingerprint density at radius 3 is 2.35 bits per heavy atom. The van der Waals surface area contributed by atoms with Gasteiger partial charge in [0.2, 0.25) is 0 Å². The molecule has 0 aliphatic carbocycles. The second kappa shape index (κ2) is 6.72. The lowest BCUT2D eigenvalue weighted by Crippen LogP contribution is -2.09. The molecule has 0 spiro atoms. The van der Waals surface area contributed by atoms with E-state index in [0.717, 1.165) is 28.1 Å². The average Bonchev–Trinajstić information content (AvgIpc) is 3.06. The first-order valence-electron chi connectivity index (χ1n) is 8.20. The lowest BCUT2D eigenvalue weighted by molar-refractivity contribution is -0.139. The van der Waals surface area contributed by atoms with Crippen molar-refractivity contribution in [1.82, 2.24) is 9.55 Å². The van der Waals surface area contributed by atoms with Crippen molar-refractivity contribution in [3.63, 3.8) is 0 Å². The number of carboxylic acid groups (broad SMARTS) is 1. The largest absolute Gasteiger partial charge is 0.482 e. The van der Waals surface area contributed by atoms with E-state index < -0.39 is 5.97 Å². The molecule has 1 aromatic heterocycles. The number of imidazole rings is 1. The number of ether oxygens (including phenoxy) is 1. The molecule has 4 aromatic rings. The summed E-state index contributed by atoms with van der Waals surface area (Å²) in [6.45, 7) is -0.378. The Hall–Kier alpha value is -3.60. The van der Waals surface area contributed by atoms with Crippen LogP contribution in [0, 0.1) is 0 Å². The minimum absolute atomic E-state index is 0.378. The summed E-state index contributed by atoms with van der Waals surface area (Å²) in [4.78, 5) is 15.6. The van der Waals surface area contributed by atoms with Crippen LogP contribution in [0.15, 0.2) is 78.9 Å². The van der Waals surface area contributed by atoms with Crippen LogP contribution in [0.3, 0.4) is 0 Å². The predicted octanol–water partition coefficient (Wildman–Crippen LogP) is 4.16. The van der Waals surface area contributed by atoms with Crippen molar-refractivity contribution in [3.05, 3.63) is 78.9 Å². The normalized spacial score (nSPS) is 10.8. The summed E-state index contributed by atoms with van der Waals surface area (Å²) in [5.74, 6) is 0.311. The maximum Gasteiger partial charge on any atom is 0.341 e. The molecule has 5 heteroatoms. The molecule has 128 valence electrons. The maximum atomic E-state index is 10.8. The first-order chi connectivity index (χ1) is 12.7. The summed E-state index contributed by atoms with van der Waals surface area (Å²) in [7, 11) is 0. The van der Waals surface area contributed by atoms with Crippen LogP contribution >= 0.6 is 0 Å². The molecule has 1 heterocycles. The standard InChI is InChI=1S/C21H16N2O3/c24-20(25)14-26-17-11-12-18-19(13-17)23(16-9-5-2-6-10-16)21(22-18)15-7-3-1-4-8-15/h1-13H,14H2,(H,24,25). The third-order valence-corrected chi connectivity index (χ3v) is 4.03. The van der Waals surface area contributed by atoms with Crippen LogP contribution in [0.5, 0.6) is 5.75 Å². The van der Waals surface area contributed by atoms with E-state index in [4.69, 9.17) is 14.8 Å². The first kappa shape index (κ1) is 15.9. The highest BCUT2D eigenvalue weighted by Crippen LogP contribution is 2.30. The molecule has 0 aliphatic rings. The Morgan fingerprint density at radius 1 is 0.962 bits per heavy atom. The van der Waals surface area contributed by atoms with Gasteiger partial charge in [-0.15, -0.1) is 0 Å². The van der Waals surface area contributed by atoms with Crippen molar-refractivity contribution < 1.29 is 14.6 Å². The topological polar surface area (TPSA) is 64.3 Å². The van der Waals surface area contributed by atoms with E-state index in [0.29, 0.717) is 5.75 Å². The van der Waals surface area contributed by atoms with Crippen molar-refractivity contribution in [2.24, 2.45) is 0 Å². The van der Waals surface area contributed by atoms with Gasteiger partial charge in [-0.05, 0) is 24.3 Å². The summed E-state index contributed by atoms with van der Waals surface area (Å²) < 4.78 is 7.39. The van der Waals surface area contributed by atoms with Crippen molar-refractivity contribution in [2.75, 3.05) is 6.61 Å². The summed E-state index contributed by atoms with van der Waals surface area (Å²) in [5, 5.41) is 8.83. The highest BCUT2D eigenvalue weighted by atomic mass is 16.5. The maximum absolute atomic E-state index is 10.8. The second-order valence-electron chi connectivity index (χ2n) is 5.81. The number of rotatable bonds is 5. The minimum atomic E-state index is -1.01. The van der Waals surface area contributed by atoms with Gasteiger partial charge in [0, 0.05) is 17.3 Å². The molecule has 0 amide bonds. The molecule has 3 aromatic carbocycles. The van der Waals surface area contributed by atoms with E-state index in [1.165, 1.54) is 0 Å². The zero-order valence-corrected chi connectivity index (χ0v) is 13.9. The quantitative estimate of drug-likeness (QED) is 0.590. The number of fused-ring (bicyclic) bond motifs is 1. The monoisotopic (exact) mass is 344 g/mol. The van der Waals surface area contributed by atoms with E-state index in [-0.39, 0.29) is 6.61 Å². The molecule has 4 rings (SSSR count). The van der Waals surface area contributed by atoms with Gasteiger partial charge < -0.3 is 9.84 Å². The van der Waals surface area contributed by atoms with Crippen molar-refractivity contribution in [2.45, 2.75) is 0 Å². The Balaban J connectivity index is 1.92. The molecule has 0 saturated carbocycles. The number of hydrogen-bond acceptors (Lipinski definition) is 3. The summed E-state index contributed by atoms with van der Waals surface area (Å²) in [6, 6.07) is 25.3. The van der Waals surface area contributed by atoms with E-state index in [9.17, 15) is 4.79 Å². The lowest BCUT2D eigenvalue weighted by atomic mass is 10.2. The van der Waals surface area contributed by atoms with Crippen molar-refractivity contribution in [1.29, 1.82) is 0 Å². The van der Waals surface area contributed by atoms with Crippen LogP contribution in [0.2, 0.25) is 0 Å². The zero-order valence-electron chi connectivity index (χ0n) is 13.9. The Morgan fingerprint density at radius 2 is 1.65 bits per heavy atom. The fraction of sp³-hybridized carbons (Fsp3) is 0.0476. The van der Waals surface area contributed by atoms with E-state index in [1.807, 2.05) is 72.8 Å². The molecule has 0 atom stereocenters. The van der Waals surface area contributed by atoms with Crippen LogP contribution in [0.1, 0.15) is 0 Å². The number of carbonyl (C=O) groups is 1. The van der Waals surface area contributed by atoms with Gasteiger partial charge in [-0.1, -0.05) is 48.5 Å². The van der Waals surface area contributed by atoms with Crippen LogP contribution in [0.25, 0.3) is 28.1 Å². The van der Waals surface area contributed by atoms with Crippen molar-refractivity contribution >= 4 is 17.0 Å². The highest BCUT2D eigenvalue weighted by Gasteiger charge is 2.15. The molecule has 26 heavy (non-hydrogen) atoms. The van der Waals surface area contributed by atoms with E-state index in [2.05, 4.69) is 4.57 Å². The summed E-state index contributed by atoms with van der Waals surface area (Å²) >= 11 is 0. The van der Waals surface area contributed by atoms with Gasteiger partial charge in [0.1, 0.15) is 11.6 Å². The predicted molar refractivity (Wildman–Crippen MR) is 99.6 cm³/mol. The zero-order chi connectivity index (χ0) is 17.9. The number of aromatic nitrogens is 2. The minimum Gasteiger partial charge on any atom is -0.482 e. The molecule has 0 unspecified atom stereocenters. The van der Waals surface area contributed by atoms with Gasteiger partial charge in [0.05, 0.1) is 11.0 Å². The van der Waals surface area contributed by atoms with Gasteiger partial charge >= 0.3 is 5.97 Å². The Kier molecular flexibility index (Phi) is 4.11. The number of nitrogens with zero attached hydrogens (tertiary/aromatic N) is 2. The number of para-hydroxylation sites is 1. The molecule has 0 radical (unpaired) electrons. The molecule has 0 fully saturated rings. The smallest absolute Gasteiger partial charge is 0.341 e.